The first-order valence-corrected chi connectivity index (χ1v) is 6.11. The summed E-state index contributed by atoms with van der Waals surface area (Å²) in [6.07, 6.45) is -4.71. The third kappa shape index (κ3) is 3.36. The van der Waals surface area contributed by atoms with E-state index in [1.807, 2.05) is 0 Å². The van der Waals surface area contributed by atoms with E-state index < -0.39 is 6.36 Å². The second-order valence-electron chi connectivity index (χ2n) is 4.20. The molecule has 0 saturated carbocycles. The van der Waals surface area contributed by atoms with Crippen molar-refractivity contribution in [2.75, 3.05) is 0 Å². The predicted octanol–water partition coefficient (Wildman–Crippen LogP) is 4.32. The molecule has 0 bridgehead atoms. The molecule has 3 nitrogen and oxygen atoms in total. The Morgan fingerprint density at radius 3 is 2.60 bits per heavy atom. The number of aryl methyl sites for hydroxylation is 1. The van der Waals surface area contributed by atoms with Crippen molar-refractivity contribution in [1.82, 2.24) is 9.97 Å². The number of hydrogen-bond acceptors (Lipinski definition) is 3. The molecule has 0 unspecified atom stereocenters. The van der Waals surface area contributed by atoms with Crippen molar-refractivity contribution >= 4 is 12.2 Å². The van der Waals surface area contributed by atoms with Crippen LogP contribution in [0.4, 0.5) is 13.2 Å². The van der Waals surface area contributed by atoms with Crippen LogP contribution in [0.1, 0.15) is 11.4 Å². The Morgan fingerprint density at radius 1 is 1.25 bits per heavy atom. The Kier molecular flexibility index (Phi) is 3.80. The van der Waals surface area contributed by atoms with Gasteiger partial charge in [0.15, 0.2) is 0 Å². The summed E-state index contributed by atoms with van der Waals surface area (Å²) in [5.74, 6) is 0.320. The van der Waals surface area contributed by atoms with Gasteiger partial charge in [0, 0.05) is 11.1 Å². The van der Waals surface area contributed by atoms with Gasteiger partial charge in [-0.25, -0.2) is 4.98 Å². The lowest BCUT2D eigenvalue weighted by Crippen LogP contribution is -2.17. The molecule has 0 spiro atoms. The summed E-state index contributed by atoms with van der Waals surface area (Å²) in [7, 11) is 0. The summed E-state index contributed by atoms with van der Waals surface area (Å²) in [5.41, 5.74) is 1.89. The summed E-state index contributed by atoms with van der Waals surface area (Å²) < 4.78 is 41.0. The first-order chi connectivity index (χ1) is 9.26. The zero-order chi connectivity index (χ0) is 14.9. The van der Waals surface area contributed by atoms with E-state index in [2.05, 4.69) is 14.7 Å². The van der Waals surface area contributed by atoms with Crippen LogP contribution in [0.25, 0.3) is 11.3 Å². The molecule has 1 N–H and O–H groups in total. The number of aromatic nitrogens is 2. The maximum absolute atomic E-state index is 12.2. The molecule has 0 aliphatic heterocycles. The normalized spacial score (nSPS) is 11.4. The standard InChI is InChI=1S/C13H11F3N2OS/c1-7-11(17-8(2)18-12(7)20)9-4-3-5-10(6-9)19-13(14,15)16/h3-6H,1-2H3,(H,17,18,20). The molecule has 0 aliphatic rings. The van der Waals surface area contributed by atoms with E-state index in [1.54, 1.807) is 19.9 Å². The Hall–Kier alpha value is -1.89. The van der Waals surface area contributed by atoms with Crippen LogP contribution in [-0.4, -0.2) is 16.3 Å². The highest BCUT2D eigenvalue weighted by Gasteiger charge is 2.31. The Bertz CT molecular complexity index is 695. The van der Waals surface area contributed by atoms with Crippen molar-refractivity contribution in [3.63, 3.8) is 0 Å². The molecule has 2 rings (SSSR count). The fourth-order valence-electron chi connectivity index (χ4n) is 1.78. The van der Waals surface area contributed by atoms with E-state index in [9.17, 15) is 13.2 Å². The molecule has 7 heteroatoms. The second-order valence-corrected chi connectivity index (χ2v) is 4.59. The fraction of sp³-hybridized carbons (Fsp3) is 0.231. The van der Waals surface area contributed by atoms with E-state index in [-0.39, 0.29) is 5.75 Å². The van der Waals surface area contributed by atoms with Gasteiger partial charge in [0.05, 0.1) is 5.69 Å². The van der Waals surface area contributed by atoms with Crippen LogP contribution in [-0.2, 0) is 0 Å². The van der Waals surface area contributed by atoms with E-state index in [0.717, 1.165) is 0 Å². The molecular formula is C13H11F3N2OS. The second kappa shape index (κ2) is 5.24. The minimum Gasteiger partial charge on any atom is -0.406 e. The predicted molar refractivity (Wildman–Crippen MR) is 71.0 cm³/mol. The lowest BCUT2D eigenvalue weighted by Gasteiger charge is -2.11. The molecule has 0 amide bonds. The molecular weight excluding hydrogens is 289 g/mol. The van der Waals surface area contributed by atoms with Crippen LogP contribution in [0.2, 0.25) is 0 Å². The molecule has 20 heavy (non-hydrogen) atoms. The highest BCUT2D eigenvalue weighted by Crippen LogP contribution is 2.28. The van der Waals surface area contributed by atoms with Gasteiger partial charge in [0.2, 0.25) is 0 Å². The third-order valence-corrected chi connectivity index (χ3v) is 3.02. The van der Waals surface area contributed by atoms with Crippen molar-refractivity contribution in [2.45, 2.75) is 20.2 Å². The largest absolute Gasteiger partial charge is 0.573 e. The van der Waals surface area contributed by atoms with Crippen LogP contribution < -0.4 is 4.74 Å². The monoisotopic (exact) mass is 300 g/mol. The van der Waals surface area contributed by atoms with Gasteiger partial charge in [-0.05, 0) is 26.0 Å². The highest BCUT2D eigenvalue weighted by atomic mass is 32.1. The number of alkyl halides is 3. The van der Waals surface area contributed by atoms with E-state index >= 15 is 0 Å². The molecule has 0 atom stereocenters. The van der Waals surface area contributed by atoms with Crippen molar-refractivity contribution in [3.05, 3.63) is 40.3 Å². The smallest absolute Gasteiger partial charge is 0.406 e. The van der Waals surface area contributed by atoms with Gasteiger partial charge in [0.1, 0.15) is 16.2 Å². The van der Waals surface area contributed by atoms with Crippen LogP contribution >= 0.6 is 12.2 Å². The minimum absolute atomic E-state index is 0.275. The van der Waals surface area contributed by atoms with Crippen molar-refractivity contribution < 1.29 is 17.9 Å². The maximum atomic E-state index is 12.2. The number of H-pyrrole nitrogens is 1. The number of nitrogens with zero attached hydrogens (tertiary/aromatic N) is 1. The molecule has 0 fully saturated rings. The number of aromatic amines is 1. The Morgan fingerprint density at radius 2 is 1.95 bits per heavy atom. The molecule has 0 aliphatic carbocycles. The minimum atomic E-state index is -4.71. The van der Waals surface area contributed by atoms with Gasteiger partial charge in [0.25, 0.3) is 0 Å². The van der Waals surface area contributed by atoms with Crippen LogP contribution in [0.15, 0.2) is 24.3 Å². The Balaban J connectivity index is 2.49. The lowest BCUT2D eigenvalue weighted by atomic mass is 10.1. The number of benzene rings is 1. The van der Waals surface area contributed by atoms with Crippen molar-refractivity contribution in [2.24, 2.45) is 0 Å². The highest BCUT2D eigenvalue weighted by molar-refractivity contribution is 7.71. The first kappa shape index (κ1) is 14.5. The molecule has 106 valence electrons. The average Bonchev–Trinajstić information content (AvgIpc) is 2.32. The molecule has 1 aromatic heterocycles. The van der Waals surface area contributed by atoms with Crippen molar-refractivity contribution in [1.29, 1.82) is 0 Å². The van der Waals surface area contributed by atoms with Gasteiger partial charge < -0.3 is 9.72 Å². The zero-order valence-corrected chi connectivity index (χ0v) is 11.5. The summed E-state index contributed by atoms with van der Waals surface area (Å²) >= 11 is 5.11. The Labute approximate surface area is 118 Å². The zero-order valence-electron chi connectivity index (χ0n) is 10.7. The van der Waals surface area contributed by atoms with E-state index in [4.69, 9.17) is 12.2 Å². The van der Waals surface area contributed by atoms with Gasteiger partial charge >= 0.3 is 6.36 Å². The maximum Gasteiger partial charge on any atom is 0.573 e. The van der Waals surface area contributed by atoms with Crippen LogP contribution in [0, 0.1) is 18.5 Å². The SMILES string of the molecule is Cc1nc(=S)c(C)c(-c2cccc(OC(F)(F)F)c2)[nH]1. The number of ether oxygens (including phenoxy) is 1. The summed E-state index contributed by atoms with van der Waals surface area (Å²) in [4.78, 5) is 7.10. The number of rotatable bonds is 2. The van der Waals surface area contributed by atoms with Gasteiger partial charge in [-0.2, -0.15) is 0 Å². The summed E-state index contributed by atoms with van der Waals surface area (Å²) in [6.45, 7) is 3.49. The van der Waals surface area contributed by atoms with E-state index in [0.29, 0.717) is 27.3 Å². The molecule has 1 aromatic carbocycles. The summed E-state index contributed by atoms with van der Waals surface area (Å²) in [5, 5.41) is 0. The van der Waals surface area contributed by atoms with Gasteiger partial charge in [-0.1, -0.05) is 24.4 Å². The molecule has 0 saturated heterocycles. The average molecular weight is 300 g/mol. The first-order valence-electron chi connectivity index (χ1n) is 5.70. The van der Waals surface area contributed by atoms with Gasteiger partial charge in [-0.3, -0.25) is 0 Å². The van der Waals surface area contributed by atoms with E-state index in [1.165, 1.54) is 18.2 Å². The topological polar surface area (TPSA) is 37.9 Å². The fourth-order valence-corrected chi connectivity index (χ4v) is 2.02. The molecule has 2 aromatic rings. The van der Waals surface area contributed by atoms with Crippen LogP contribution in [0.3, 0.4) is 0 Å². The number of hydrogen-bond donors (Lipinski definition) is 1. The summed E-state index contributed by atoms with van der Waals surface area (Å²) in [6, 6.07) is 5.72. The van der Waals surface area contributed by atoms with Crippen molar-refractivity contribution in [3.8, 4) is 17.0 Å². The number of nitrogens with one attached hydrogen (secondary N) is 1. The molecule has 0 radical (unpaired) electrons. The van der Waals surface area contributed by atoms with Gasteiger partial charge in [-0.15, -0.1) is 13.2 Å². The lowest BCUT2D eigenvalue weighted by molar-refractivity contribution is -0.274. The van der Waals surface area contributed by atoms with Crippen LogP contribution in [0.5, 0.6) is 5.75 Å². The quantitative estimate of drug-likeness (QED) is 0.839. The third-order valence-electron chi connectivity index (χ3n) is 2.63. The molecule has 1 heterocycles. The number of halogens is 3.